The molecular formula is C24H26N2O5. The monoisotopic (exact) mass is 422 g/mol. The van der Waals surface area contributed by atoms with Crippen LogP contribution in [-0.2, 0) is 9.47 Å². The van der Waals surface area contributed by atoms with E-state index in [0.717, 1.165) is 4.90 Å². The van der Waals surface area contributed by atoms with Gasteiger partial charge in [0.05, 0.1) is 19.9 Å². The van der Waals surface area contributed by atoms with Crippen LogP contribution in [0.25, 0.3) is 5.70 Å². The van der Waals surface area contributed by atoms with Crippen molar-refractivity contribution in [3.05, 3.63) is 89.6 Å². The molecule has 0 unspecified atom stereocenters. The first kappa shape index (κ1) is 23.4. The van der Waals surface area contributed by atoms with E-state index < -0.39 is 12.2 Å². The highest BCUT2D eigenvalue weighted by molar-refractivity contribution is 6.05. The quantitative estimate of drug-likeness (QED) is 0.398. The molecular weight excluding hydrogens is 396 g/mol. The van der Waals surface area contributed by atoms with Gasteiger partial charge in [-0.3, -0.25) is 4.79 Å². The molecule has 0 aliphatic heterocycles. The highest BCUT2D eigenvalue weighted by Crippen LogP contribution is 2.23. The lowest BCUT2D eigenvalue weighted by molar-refractivity contribution is 0.104. The summed E-state index contributed by atoms with van der Waals surface area (Å²) in [4.78, 5) is 38.4. The summed E-state index contributed by atoms with van der Waals surface area (Å²) in [5.74, 6) is -0.227. The number of methoxy groups -OCH3 is 2. The number of amides is 2. The maximum absolute atomic E-state index is 12.8. The van der Waals surface area contributed by atoms with Gasteiger partial charge in [-0.2, -0.15) is 4.90 Å². The molecule has 0 aromatic heterocycles. The smallest absolute Gasteiger partial charge is 0.423 e. The molecule has 0 atom stereocenters. The fourth-order valence-corrected chi connectivity index (χ4v) is 2.77. The number of imide groups is 1. The molecule has 2 amide bonds. The van der Waals surface area contributed by atoms with Crippen molar-refractivity contribution >= 4 is 23.7 Å². The van der Waals surface area contributed by atoms with E-state index in [4.69, 9.17) is 9.47 Å². The Hall–Kier alpha value is -3.87. The third-order valence-electron chi connectivity index (χ3n) is 4.12. The molecule has 2 rings (SSSR count). The first-order valence-corrected chi connectivity index (χ1v) is 9.68. The Balaban J connectivity index is 2.64. The highest BCUT2D eigenvalue weighted by Gasteiger charge is 2.28. The summed E-state index contributed by atoms with van der Waals surface area (Å²) < 4.78 is 9.58. The summed E-state index contributed by atoms with van der Waals surface area (Å²) in [7, 11) is 2.34. The SMILES string of the molecule is COC(=O)N(C(=O)OC)/C(=C\C(=C\C(=O)c1ccccc1)NC(C)C)c1ccccc1. The number of ketones is 1. The Morgan fingerprint density at radius 3 is 1.74 bits per heavy atom. The molecule has 0 radical (unpaired) electrons. The fourth-order valence-electron chi connectivity index (χ4n) is 2.77. The van der Waals surface area contributed by atoms with Crippen molar-refractivity contribution in [1.82, 2.24) is 10.2 Å². The van der Waals surface area contributed by atoms with E-state index in [9.17, 15) is 14.4 Å². The maximum atomic E-state index is 12.8. The zero-order valence-electron chi connectivity index (χ0n) is 18.0. The van der Waals surface area contributed by atoms with Crippen LogP contribution in [0.1, 0.15) is 29.8 Å². The number of nitrogens with zero attached hydrogens (tertiary/aromatic N) is 1. The summed E-state index contributed by atoms with van der Waals surface area (Å²) in [5.41, 5.74) is 1.68. The molecule has 162 valence electrons. The van der Waals surface area contributed by atoms with Crippen LogP contribution in [-0.4, -0.2) is 43.1 Å². The van der Waals surface area contributed by atoms with E-state index in [0.29, 0.717) is 16.8 Å². The van der Waals surface area contributed by atoms with Crippen LogP contribution in [0.4, 0.5) is 9.59 Å². The number of rotatable bonds is 7. The van der Waals surface area contributed by atoms with Crippen molar-refractivity contribution in [2.45, 2.75) is 19.9 Å². The number of ether oxygens (including phenoxy) is 2. The molecule has 0 aliphatic rings. The van der Waals surface area contributed by atoms with Crippen LogP contribution < -0.4 is 5.32 Å². The van der Waals surface area contributed by atoms with Gasteiger partial charge in [0.2, 0.25) is 0 Å². The summed E-state index contributed by atoms with van der Waals surface area (Å²) in [6, 6.07) is 17.6. The molecule has 7 heteroatoms. The minimum absolute atomic E-state index is 0.0206. The number of carbonyl (C=O) groups excluding carboxylic acids is 3. The normalized spacial score (nSPS) is 11.6. The van der Waals surface area contributed by atoms with Crippen molar-refractivity contribution in [3.8, 4) is 0 Å². The molecule has 0 spiro atoms. The molecule has 31 heavy (non-hydrogen) atoms. The van der Waals surface area contributed by atoms with Gasteiger partial charge in [0.15, 0.2) is 5.78 Å². The number of hydrogen-bond donors (Lipinski definition) is 1. The van der Waals surface area contributed by atoms with Gasteiger partial charge in [-0.25, -0.2) is 9.59 Å². The van der Waals surface area contributed by atoms with Gasteiger partial charge in [0.25, 0.3) is 0 Å². The maximum Gasteiger partial charge on any atom is 0.423 e. The predicted molar refractivity (Wildman–Crippen MR) is 118 cm³/mol. The molecule has 0 saturated heterocycles. The van der Waals surface area contributed by atoms with Crippen molar-refractivity contribution in [2.24, 2.45) is 0 Å². The van der Waals surface area contributed by atoms with E-state index in [1.807, 2.05) is 26.0 Å². The van der Waals surface area contributed by atoms with E-state index in [1.54, 1.807) is 54.6 Å². The summed E-state index contributed by atoms with van der Waals surface area (Å²) in [6.45, 7) is 3.82. The van der Waals surface area contributed by atoms with Gasteiger partial charge in [-0.15, -0.1) is 0 Å². The Labute approximate surface area is 182 Å². The zero-order valence-corrected chi connectivity index (χ0v) is 18.0. The molecule has 0 fully saturated rings. The number of nitrogens with one attached hydrogen (secondary N) is 1. The topological polar surface area (TPSA) is 84.9 Å². The minimum atomic E-state index is -0.916. The third-order valence-corrected chi connectivity index (χ3v) is 4.12. The molecule has 0 bridgehead atoms. The first-order chi connectivity index (χ1) is 14.9. The third kappa shape index (κ3) is 6.57. The highest BCUT2D eigenvalue weighted by atomic mass is 16.6. The Morgan fingerprint density at radius 2 is 1.29 bits per heavy atom. The summed E-state index contributed by atoms with van der Waals surface area (Å²) in [5, 5.41) is 3.18. The number of allylic oxidation sites excluding steroid dienone is 2. The molecule has 2 aromatic carbocycles. The number of carbonyl (C=O) groups is 3. The Kier molecular flexibility index (Phi) is 8.57. The number of hydrogen-bond acceptors (Lipinski definition) is 6. The average molecular weight is 422 g/mol. The van der Waals surface area contributed by atoms with Gasteiger partial charge in [-0.1, -0.05) is 60.7 Å². The van der Waals surface area contributed by atoms with Gasteiger partial charge >= 0.3 is 12.2 Å². The first-order valence-electron chi connectivity index (χ1n) is 9.68. The second kappa shape index (κ2) is 11.3. The molecule has 0 heterocycles. The van der Waals surface area contributed by atoms with Crippen molar-refractivity contribution < 1.29 is 23.9 Å². The average Bonchev–Trinajstić information content (AvgIpc) is 2.78. The van der Waals surface area contributed by atoms with Crippen LogP contribution in [0.5, 0.6) is 0 Å². The fraction of sp³-hybridized carbons (Fsp3) is 0.208. The molecule has 2 aromatic rings. The van der Waals surface area contributed by atoms with Crippen molar-refractivity contribution in [2.75, 3.05) is 14.2 Å². The van der Waals surface area contributed by atoms with Crippen LogP contribution in [0.2, 0.25) is 0 Å². The molecule has 0 aliphatic carbocycles. The van der Waals surface area contributed by atoms with Gasteiger partial charge < -0.3 is 14.8 Å². The second-order valence-corrected chi connectivity index (χ2v) is 6.80. The van der Waals surface area contributed by atoms with Crippen molar-refractivity contribution in [3.63, 3.8) is 0 Å². The Morgan fingerprint density at radius 1 is 0.806 bits per heavy atom. The van der Waals surface area contributed by atoms with Gasteiger partial charge in [0, 0.05) is 23.4 Å². The largest absolute Gasteiger partial charge is 0.452 e. The molecule has 7 nitrogen and oxygen atoms in total. The zero-order chi connectivity index (χ0) is 22.8. The minimum Gasteiger partial charge on any atom is -0.452 e. The molecule has 0 saturated carbocycles. The van der Waals surface area contributed by atoms with E-state index in [1.165, 1.54) is 20.3 Å². The van der Waals surface area contributed by atoms with Crippen LogP contribution in [0, 0.1) is 0 Å². The van der Waals surface area contributed by atoms with E-state index >= 15 is 0 Å². The number of benzene rings is 2. The van der Waals surface area contributed by atoms with Crippen LogP contribution >= 0.6 is 0 Å². The lowest BCUT2D eigenvalue weighted by Gasteiger charge is -2.22. The molecule has 1 N–H and O–H groups in total. The predicted octanol–water partition coefficient (Wildman–Crippen LogP) is 4.63. The standard InChI is InChI=1S/C24H26N2O5/c1-17(2)25-20(16-22(27)19-13-9-6-10-14-19)15-21(18-11-7-5-8-12-18)26(23(28)30-3)24(29)31-4/h5-17,25H,1-4H3/b20-16-,21-15-. The van der Waals surface area contributed by atoms with E-state index in [-0.39, 0.29) is 17.5 Å². The second-order valence-electron chi connectivity index (χ2n) is 6.80. The van der Waals surface area contributed by atoms with Gasteiger partial charge in [0.1, 0.15) is 0 Å². The van der Waals surface area contributed by atoms with E-state index in [2.05, 4.69) is 5.32 Å². The summed E-state index contributed by atoms with van der Waals surface area (Å²) >= 11 is 0. The van der Waals surface area contributed by atoms with Crippen molar-refractivity contribution in [1.29, 1.82) is 0 Å². The van der Waals surface area contributed by atoms with Gasteiger partial charge in [-0.05, 0) is 25.5 Å². The summed E-state index contributed by atoms with van der Waals surface area (Å²) in [6.07, 6.45) is 1.13. The lowest BCUT2D eigenvalue weighted by Crippen LogP contribution is -2.36. The lowest BCUT2D eigenvalue weighted by atomic mass is 10.1. The van der Waals surface area contributed by atoms with Crippen LogP contribution in [0.3, 0.4) is 0 Å². The Bertz CT molecular complexity index is 950. The van der Waals surface area contributed by atoms with Crippen LogP contribution in [0.15, 0.2) is 78.5 Å².